The first kappa shape index (κ1) is 20.0. The van der Waals surface area contributed by atoms with Crippen molar-refractivity contribution in [3.05, 3.63) is 55.3 Å². The molecule has 2 N–H and O–H groups in total. The molecule has 2 aliphatic rings. The first-order valence-electron chi connectivity index (χ1n) is 10.3. The van der Waals surface area contributed by atoms with Crippen LogP contribution >= 0.6 is 11.3 Å². The van der Waals surface area contributed by atoms with Crippen molar-refractivity contribution in [2.24, 2.45) is 7.05 Å². The zero-order valence-corrected chi connectivity index (χ0v) is 18.5. The van der Waals surface area contributed by atoms with Gasteiger partial charge in [-0.05, 0) is 31.5 Å². The van der Waals surface area contributed by atoms with E-state index in [1.807, 2.05) is 19.1 Å². The highest BCUT2D eigenvalue weighted by Crippen LogP contribution is 2.41. The second-order valence-electron chi connectivity index (χ2n) is 8.16. The van der Waals surface area contributed by atoms with Crippen LogP contribution in [-0.4, -0.2) is 57.6 Å². The Morgan fingerprint density at radius 3 is 2.84 bits per heavy atom. The minimum absolute atomic E-state index is 0.178. The summed E-state index contributed by atoms with van der Waals surface area (Å²) in [6, 6.07) is 6.60. The van der Waals surface area contributed by atoms with E-state index in [4.69, 9.17) is 0 Å². The Hall–Kier alpha value is -2.98. The molecule has 0 spiro atoms. The SMILES string of the molecule is CNC(=O)c1ccc(N2CCN(Cc3cc4[nH]c(=O)n(C)c(=O)c4s3)C3CC32)c(C)n1. The molecule has 31 heavy (non-hydrogen) atoms. The highest BCUT2D eigenvalue weighted by atomic mass is 32.1. The predicted molar refractivity (Wildman–Crippen MR) is 120 cm³/mol. The number of aryl methyl sites for hydroxylation is 1. The molecule has 3 aromatic rings. The number of hydrogen-bond donors (Lipinski definition) is 2. The molecule has 2 atom stereocenters. The van der Waals surface area contributed by atoms with Crippen LogP contribution < -0.4 is 21.5 Å². The van der Waals surface area contributed by atoms with E-state index in [9.17, 15) is 14.4 Å². The molecule has 3 aromatic heterocycles. The number of anilines is 1. The van der Waals surface area contributed by atoms with Crippen molar-refractivity contribution < 1.29 is 4.79 Å². The third kappa shape index (κ3) is 3.35. The molecule has 10 heteroatoms. The monoisotopic (exact) mass is 440 g/mol. The largest absolute Gasteiger partial charge is 0.364 e. The number of carbonyl (C=O) groups excluding carboxylic acids is 1. The highest BCUT2D eigenvalue weighted by molar-refractivity contribution is 7.18. The lowest BCUT2D eigenvalue weighted by molar-refractivity contribution is 0.0958. The maximum Gasteiger partial charge on any atom is 0.328 e. The molecule has 2 fully saturated rings. The number of carbonyl (C=O) groups is 1. The summed E-state index contributed by atoms with van der Waals surface area (Å²) in [5, 5.41) is 2.61. The quantitative estimate of drug-likeness (QED) is 0.623. The smallest absolute Gasteiger partial charge is 0.328 e. The number of fused-ring (bicyclic) bond motifs is 2. The Morgan fingerprint density at radius 2 is 2.10 bits per heavy atom. The van der Waals surface area contributed by atoms with E-state index in [1.165, 1.54) is 18.4 Å². The maximum atomic E-state index is 12.3. The first-order chi connectivity index (χ1) is 14.9. The van der Waals surface area contributed by atoms with Crippen molar-refractivity contribution in [3.8, 4) is 0 Å². The molecule has 0 aromatic carbocycles. The van der Waals surface area contributed by atoms with Crippen LogP contribution in [0.1, 0.15) is 27.5 Å². The van der Waals surface area contributed by atoms with Gasteiger partial charge in [-0.1, -0.05) is 0 Å². The number of thiophene rings is 1. The van der Waals surface area contributed by atoms with Crippen molar-refractivity contribution in [1.82, 2.24) is 24.8 Å². The molecule has 0 radical (unpaired) electrons. The van der Waals surface area contributed by atoms with E-state index in [1.54, 1.807) is 13.1 Å². The number of pyridine rings is 1. The highest BCUT2D eigenvalue weighted by Gasteiger charge is 2.49. The fourth-order valence-electron chi connectivity index (χ4n) is 4.49. The Morgan fingerprint density at radius 1 is 1.29 bits per heavy atom. The molecule has 4 heterocycles. The molecular formula is C21H24N6O3S. The van der Waals surface area contributed by atoms with Gasteiger partial charge in [-0.3, -0.25) is 19.1 Å². The van der Waals surface area contributed by atoms with Gasteiger partial charge in [0.2, 0.25) is 0 Å². The minimum atomic E-state index is -0.385. The van der Waals surface area contributed by atoms with Gasteiger partial charge in [0, 0.05) is 50.7 Å². The van der Waals surface area contributed by atoms with Gasteiger partial charge in [0.1, 0.15) is 10.4 Å². The standard InChI is InChI=1S/C21H24N6O3S/c1-11-15(5-4-13(23-11)19(28)22-2)27-7-6-26(16-9-17(16)27)10-12-8-14-18(31-12)20(29)25(3)21(30)24-14/h4-5,8,16-17H,6-7,9-10H2,1-3H3,(H,22,28)(H,24,30). The van der Waals surface area contributed by atoms with Crippen LogP contribution in [0.2, 0.25) is 0 Å². The Kier molecular flexibility index (Phi) is 4.71. The van der Waals surface area contributed by atoms with Crippen molar-refractivity contribution >= 4 is 33.1 Å². The molecule has 9 nitrogen and oxygen atoms in total. The van der Waals surface area contributed by atoms with E-state index < -0.39 is 0 Å². The van der Waals surface area contributed by atoms with E-state index in [0.29, 0.717) is 28.0 Å². The average Bonchev–Trinajstić information content (AvgIpc) is 3.47. The number of H-pyrrole nitrogens is 1. The van der Waals surface area contributed by atoms with Gasteiger partial charge in [0.25, 0.3) is 11.5 Å². The summed E-state index contributed by atoms with van der Waals surface area (Å²) in [4.78, 5) is 49.2. The van der Waals surface area contributed by atoms with Gasteiger partial charge in [-0.25, -0.2) is 9.78 Å². The van der Waals surface area contributed by atoms with E-state index >= 15 is 0 Å². The summed E-state index contributed by atoms with van der Waals surface area (Å²) in [7, 11) is 3.10. The van der Waals surface area contributed by atoms with Gasteiger partial charge in [-0.2, -0.15) is 0 Å². The molecule has 1 amide bonds. The second kappa shape index (κ2) is 7.31. The summed E-state index contributed by atoms with van der Waals surface area (Å²) in [6.07, 6.45) is 1.08. The molecule has 1 aliphatic carbocycles. The molecule has 1 saturated carbocycles. The van der Waals surface area contributed by atoms with Crippen LogP contribution in [0.15, 0.2) is 27.8 Å². The number of amides is 1. The maximum absolute atomic E-state index is 12.3. The first-order valence-corrected chi connectivity index (χ1v) is 11.1. The lowest BCUT2D eigenvalue weighted by Crippen LogP contribution is -2.46. The molecular weight excluding hydrogens is 416 g/mol. The van der Waals surface area contributed by atoms with E-state index in [0.717, 1.165) is 46.9 Å². The van der Waals surface area contributed by atoms with Crippen LogP contribution in [0.3, 0.4) is 0 Å². The predicted octanol–water partition coefficient (Wildman–Crippen LogP) is 0.814. The van der Waals surface area contributed by atoms with Gasteiger partial charge in [0.05, 0.1) is 16.9 Å². The molecule has 162 valence electrons. The number of piperazine rings is 1. The minimum Gasteiger partial charge on any atom is -0.364 e. The Bertz CT molecular complexity index is 1310. The van der Waals surface area contributed by atoms with E-state index in [-0.39, 0.29) is 17.2 Å². The third-order valence-corrected chi connectivity index (χ3v) is 7.34. The molecule has 1 aliphatic heterocycles. The van der Waals surface area contributed by atoms with Gasteiger partial charge in [0.15, 0.2) is 0 Å². The van der Waals surface area contributed by atoms with Gasteiger partial charge >= 0.3 is 5.69 Å². The van der Waals surface area contributed by atoms with E-state index in [2.05, 4.69) is 25.1 Å². The number of aromatic nitrogens is 3. The lowest BCUT2D eigenvalue weighted by Gasteiger charge is -2.36. The number of nitrogens with zero attached hydrogens (tertiary/aromatic N) is 4. The Balaban J connectivity index is 1.32. The number of hydrogen-bond acceptors (Lipinski definition) is 7. The summed E-state index contributed by atoms with van der Waals surface area (Å²) in [5.74, 6) is -0.178. The zero-order valence-electron chi connectivity index (χ0n) is 17.6. The normalized spacial score (nSPS) is 20.7. The molecule has 0 bridgehead atoms. The molecule has 2 unspecified atom stereocenters. The second-order valence-corrected chi connectivity index (χ2v) is 9.30. The summed E-state index contributed by atoms with van der Waals surface area (Å²) >= 11 is 1.46. The number of nitrogens with one attached hydrogen (secondary N) is 2. The third-order valence-electron chi connectivity index (χ3n) is 6.24. The number of aromatic amines is 1. The topological polar surface area (TPSA) is 103 Å². The van der Waals surface area contributed by atoms with Crippen LogP contribution in [-0.2, 0) is 13.6 Å². The number of rotatable bonds is 4. The Labute approximate surface area is 182 Å². The van der Waals surface area contributed by atoms with Crippen molar-refractivity contribution in [1.29, 1.82) is 0 Å². The fourth-order valence-corrected chi connectivity index (χ4v) is 5.60. The fraction of sp³-hybridized carbons (Fsp3) is 0.429. The zero-order chi connectivity index (χ0) is 21.9. The summed E-state index contributed by atoms with van der Waals surface area (Å²) in [6.45, 7) is 4.50. The lowest BCUT2D eigenvalue weighted by atomic mass is 10.2. The van der Waals surface area contributed by atoms with Crippen LogP contribution in [0.5, 0.6) is 0 Å². The summed E-state index contributed by atoms with van der Waals surface area (Å²) < 4.78 is 1.71. The van der Waals surface area contributed by atoms with Crippen molar-refractivity contribution in [2.45, 2.75) is 32.0 Å². The molecule has 5 rings (SSSR count). The van der Waals surface area contributed by atoms with Crippen LogP contribution in [0, 0.1) is 6.92 Å². The average molecular weight is 441 g/mol. The van der Waals surface area contributed by atoms with Gasteiger partial charge in [-0.15, -0.1) is 11.3 Å². The van der Waals surface area contributed by atoms with Crippen molar-refractivity contribution in [2.75, 3.05) is 25.0 Å². The van der Waals surface area contributed by atoms with Gasteiger partial charge < -0.3 is 15.2 Å². The van der Waals surface area contributed by atoms with Crippen LogP contribution in [0.4, 0.5) is 5.69 Å². The molecule has 1 saturated heterocycles. The van der Waals surface area contributed by atoms with Crippen LogP contribution in [0.25, 0.3) is 10.2 Å². The van der Waals surface area contributed by atoms with Crippen molar-refractivity contribution in [3.63, 3.8) is 0 Å². The summed E-state index contributed by atoms with van der Waals surface area (Å²) in [5.41, 5.74) is 2.38.